The molecule has 0 aromatic heterocycles. The monoisotopic (exact) mass is 238 g/mol. The highest BCUT2D eigenvalue weighted by Gasteiger charge is 2.36. The number of hydrogen-bond acceptors (Lipinski definition) is 3. The number of benzene rings is 1. The van der Waals surface area contributed by atoms with Crippen LogP contribution in [0.1, 0.15) is 12.8 Å². The first-order valence-electron chi connectivity index (χ1n) is 5.96. The lowest BCUT2D eigenvalue weighted by Crippen LogP contribution is -2.57. The molecule has 0 aliphatic carbocycles. The van der Waals surface area contributed by atoms with Crippen LogP contribution < -0.4 is 10.6 Å². The van der Waals surface area contributed by atoms with Gasteiger partial charge in [0.25, 0.3) is 0 Å². The summed E-state index contributed by atoms with van der Waals surface area (Å²) in [4.78, 5) is 1.93. The molecule has 17 heavy (non-hydrogen) atoms. The van der Waals surface area contributed by atoms with Gasteiger partial charge in [0.15, 0.2) is 0 Å². The van der Waals surface area contributed by atoms with Crippen LogP contribution in [0.4, 0.5) is 10.1 Å². The van der Waals surface area contributed by atoms with E-state index in [9.17, 15) is 4.39 Å². The van der Waals surface area contributed by atoms with E-state index in [1.54, 1.807) is 12.1 Å². The predicted molar refractivity (Wildman–Crippen MR) is 66.6 cm³/mol. The third-order valence-electron chi connectivity index (χ3n) is 3.61. The second-order valence-corrected chi connectivity index (χ2v) is 4.60. The molecular weight excluding hydrogens is 219 g/mol. The van der Waals surface area contributed by atoms with E-state index in [0.29, 0.717) is 18.8 Å². The van der Waals surface area contributed by atoms with Crippen molar-refractivity contribution in [3.05, 3.63) is 30.1 Å². The number of nitrogens with two attached hydrogens (primary N) is 1. The average molecular weight is 238 g/mol. The Morgan fingerprint density at radius 3 is 2.82 bits per heavy atom. The molecular formula is C13H19FN2O. The third-order valence-corrected chi connectivity index (χ3v) is 3.61. The van der Waals surface area contributed by atoms with Crippen LogP contribution >= 0.6 is 0 Å². The second-order valence-electron chi connectivity index (χ2n) is 4.60. The zero-order valence-corrected chi connectivity index (χ0v) is 10.2. The average Bonchev–Trinajstić information content (AvgIpc) is 2.39. The van der Waals surface area contributed by atoms with E-state index < -0.39 is 0 Å². The first-order chi connectivity index (χ1) is 8.19. The summed E-state index contributed by atoms with van der Waals surface area (Å²) in [5, 5.41) is 0. The van der Waals surface area contributed by atoms with E-state index in [2.05, 4.69) is 0 Å². The van der Waals surface area contributed by atoms with Crippen LogP contribution in [0.2, 0.25) is 0 Å². The van der Waals surface area contributed by atoms with E-state index in [4.69, 9.17) is 10.5 Å². The minimum atomic E-state index is -0.277. The second kappa shape index (κ2) is 5.02. The van der Waals surface area contributed by atoms with E-state index in [0.717, 1.165) is 19.4 Å². The van der Waals surface area contributed by atoms with Crippen molar-refractivity contribution in [2.75, 3.05) is 31.7 Å². The standard InChI is InChI=1S/C13H19FN2O/c1-16(12-6-3-2-5-11(12)14)13(9-15)7-4-8-17-10-13/h2-3,5-6H,4,7-10,15H2,1H3. The molecule has 1 unspecified atom stereocenters. The first kappa shape index (κ1) is 12.3. The van der Waals surface area contributed by atoms with Crippen molar-refractivity contribution in [2.45, 2.75) is 18.4 Å². The molecule has 1 aromatic carbocycles. The maximum absolute atomic E-state index is 13.8. The van der Waals surface area contributed by atoms with Gasteiger partial charge in [-0.15, -0.1) is 0 Å². The molecule has 0 spiro atoms. The van der Waals surface area contributed by atoms with Gasteiger partial charge in [-0.1, -0.05) is 12.1 Å². The lowest BCUT2D eigenvalue weighted by Gasteiger charge is -2.44. The Hall–Kier alpha value is -1.13. The molecule has 1 aliphatic rings. The Morgan fingerprint density at radius 2 is 2.24 bits per heavy atom. The van der Waals surface area contributed by atoms with E-state index in [1.165, 1.54) is 6.07 Å². The molecule has 4 heteroatoms. The Morgan fingerprint density at radius 1 is 1.47 bits per heavy atom. The summed E-state index contributed by atoms with van der Waals surface area (Å²) in [6.07, 6.45) is 1.91. The van der Waals surface area contributed by atoms with Crippen LogP contribution in [-0.2, 0) is 4.74 Å². The summed E-state index contributed by atoms with van der Waals surface area (Å²) >= 11 is 0. The normalized spacial score (nSPS) is 24.6. The zero-order chi connectivity index (χ0) is 12.3. The zero-order valence-electron chi connectivity index (χ0n) is 10.2. The predicted octanol–water partition coefficient (Wildman–Crippen LogP) is 1.77. The molecule has 0 amide bonds. The minimum absolute atomic E-state index is 0.214. The lowest BCUT2D eigenvalue weighted by atomic mass is 9.90. The number of nitrogens with zero attached hydrogens (tertiary/aromatic N) is 1. The lowest BCUT2D eigenvalue weighted by molar-refractivity contribution is 0.0394. The molecule has 1 aromatic rings. The third kappa shape index (κ3) is 2.28. The molecule has 1 heterocycles. The molecule has 1 saturated heterocycles. The summed E-state index contributed by atoms with van der Waals surface area (Å²) in [6, 6.07) is 6.78. The van der Waals surface area contributed by atoms with Gasteiger partial charge in [-0.25, -0.2) is 4.39 Å². The largest absolute Gasteiger partial charge is 0.379 e. The Kier molecular flexibility index (Phi) is 3.64. The molecule has 3 nitrogen and oxygen atoms in total. The van der Waals surface area contributed by atoms with Crippen molar-refractivity contribution in [3.63, 3.8) is 0 Å². The van der Waals surface area contributed by atoms with Crippen LogP contribution in [0.5, 0.6) is 0 Å². The van der Waals surface area contributed by atoms with Crippen LogP contribution in [0, 0.1) is 5.82 Å². The number of rotatable bonds is 3. The summed E-state index contributed by atoms with van der Waals surface area (Å²) < 4.78 is 19.3. The van der Waals surface area contributed by atoms with Crippen molar-refractivity contribution in [2.24, 2.45) is 5.73 Å². The van der Waals surface area contributed by atoms with Gasteiger partial charge < -0.3 is 15.4 Å². The van der Waals surface area contributed by atoms with Gasteiger partial charge in [0.1, 0.15) is 5.82 Å². The molecule has 0 saturated carbocycles. The minimum Gasteiger partial charge on any atom is -0.379 e. The molecule has 0 radical (unpaired) electrons. The van der Waals surface area contributed by atoms with Gasteiger partial charge in [-0.3, -0.25) is 0 Å². The van der Waals surface area contributed by atoms with Gasteiger partial charge in [-0.05, 0) is 25.0 Å². The van der Waals surface area contributed by atoms with Gasteiger partial charge in [0.2, 0.25) is 0 Å². The topological polar surface area (TPSA) is 38.5 Å². The fraction of sp³-hybridized carbons (Fsp3) is 0.538. The highest BCUT2D eigenvalue weighted by molar-refractivity contribution is 5.50. The van der Waals surface area contributed by atoms with Crippen molar-refractivity contribution in [3.8, 4) is 0 Å². The van der Waals surface area contributed by atoms with Gasteiger partial charge >= 0.3 is 0 Å². The van der Waals surface area contributed by atoms with Crippen molar-refractivity contribution in [1.29, 1.82) is 0 Å². The highest BCUT2D eigenvalue weighted by Crippen LogP contribution is 2.30. The summed E-state index contributed by atoms with van der Waals surface area (Å²) in [5.74, 6) is -0.214. The number of para-hydroxylation sites is 1. The summed E-state index contributed by atoms with van der Waals surface area (Å²) in [6.45, 7) is 1.80. The van der Waals surface area contributed by atoms with Gasteiger partial charge in [0, 0.05) is 20.2 Å². The quantitative estimate of drug-likeness (QED) is 0.872. The number of anilines is 1. The highest BCUT2D eigenvalue weighted by atomic mass is 19.1. The number of ether oxygens (including phenoxy) is 1. The van der Waals surface area contributed by atoms with E-state index in [-0.39, 0.29) is 11.4 Å². The Bertz CT molecular complexity index is 377. The molecule has 0 bridgehead atoms. The Labute approximate surface area is 101 Å². The molecule has 2 rings (SSSR count). The number of hydrogen-bond donors (Lipinski definition) is 1. The van der Waals surface area contributed by atoms with E-state index in [1.807, 2.05) is 18.0 Å². The molecule has 1 atom stereocenters. The molecule has 94 valence electrons. The first-order valence-corrected chi connectivity index (χ1v) is 5.96. The summed E-state index contributed by atoms with van der Waals surface area (Å²) in [5.41, 5.74) is 6.19. The number of likely N-dealkylation sites (N-methyl/N-ethyl adjacent to an activating group) is 1. The van der Waals surface area contributed by atoms with Crippen LogP contribution in [-0.4, -0.2) is 32.3 Å². The molecule has 1 aliphatic heterocycles. The van der Waals surface area contributed by atoms with Crippen molar-refractivity contribution in [1.82, 2.24) is 0 Å². The molecule has 1 fully saturated rings. The van der Waals surface area contributed by atoms with Crippen molar-refractivity contribution >= 4 is 5.69 Å². The maximum atomic E-state index is 13.8. The fourth-order valence-corrected chi connectivity index (χ4v) is 2.38. The molecule has 2 N–H and O–H groups in total. The maximum Gasteiger partial charge on any atom is 0.146 e. The number of halogens is 1. The van der Waals surface area contributed by atoms with Crippen LogP contribution in [0.25, 0.3) is 0 Å². The van der Waals surface area contributed by atoms with E-state index >= 15 is 0 Å². The van der Waals surface area contributed by atoms with Crippen LogP contribution in [0.3, 0.4) is 0 Å². The smallest absolute Gasteiger partial charge is 0.146 e. The Balaban J connectivity index is 2.28. The van der Waals surface area contributed by atoms with Crippen LogP contribution in [0.15, 0.2) is 24.3 Å². The SMILES string of the molecule is CN(c1ccccc1F)C1(CN)CCCOC1. The van der Waals surface area contributed by atoms with Gasteiger partial charge in [-0.2, -0.15) is 0 Å². The fourth-order valence-electron chi connectivity index (χ4n) is 2.38. The van der Waals surface area contributed by atoms with Crippen molar-refractivity contribution < 1.29 is 9.13 Å². The van der Waals surface area contributed by atoms with Gasteiger partial charge in [0.05, 0.1) is 17.8 Å². The summed E-state index contributed by atoms with van der Waals surface area (Å²) in [7, 11) is 1.89.